The molecule has 0 heterocycles. The van der Waals surface area contributed by atoms with Crippen LogP contribution >= 0.6 is 7.82 Å². The molecule has 4 unspecified atom stereocenters. The van der Waals surface area contributed by atoms with E-state index >= 15 is 0 Å². The van der Waals surface area contributed by atoms with Crippen molar-refractivity contribution in [3.63, 3.8) is 0 Å². The summed E-state index contributed by atoms with van der Waals surface area (Å²) in [7, 11) is -4.77. The van der Waals surface area contributed by atoms with E-state index in [9.17, 15) is 24.5 Å². The fourth-order valence-electron chi connectivity index (χ4n) is 3.66. The maximum absolute atomic E-state index is 12.4. The molecule has 0 spiro atoms. The normalized spacial score (nSPS) is 16.2. The Kier molecular flexibility index (Phi) is 21.6. The Morgan fingerprint density at radius 2 is 1.21 bits per heavy atom. The van der Waals surface area contributed by atoms with Crippen LogP contribution in [0.15, 0.2) is 0 Å². The quantitative estimate of drug-likeness (QED) is 0.0901. The summed E-state index contributed by atoms with van der Waals surface area (Å²) in [6.07, 6.45) is 13.1. The molecule has 0 aromatic heterocycles. The van der Waals surface area contributed by atoms with Crippen molar-refractivity contribution in [1.29, 1.82) is 0 Å². The van der Waals surface area contributed by atoms with Gasteiger partial charge >= 0.3 is 7.82 Å². The number of rotatable bonds is 25. The molecule has 5 N–H and O–H groups in total. The van der Waals surface area contributed by atoms with E-state index in [4.69, 9.17) is 14.7 Å². The van der Waals surface area contributed by atoms with Crippen LogP contribution in [0.2, 0.25) is 0 Å². The number of hydrogen-bond donors (Lipinski definition) is 5. The highest BCUT2D eigenvalue weighted by Gasteiger charge is 2.35. The van der Waals surface area contributed by atoms with Crippen LogP contribution in [0.4, 0.5) is 0 Å². The van der Waals surface area contributed by atoms with Crippen molar-refractivity contribution < 1.29 is 43.7 Å². The van der Waals surface area contributed by atoms with E-state index < -0.39 is 51.7 Å². The Bertz CT molecular complexity index is 533. The van der Waals surface area contributed by atoms with E-state index in [0.717, 1.165) is 19.3 Å². The second-order valence-electron chi connectivity index (χ2n) is 9.04. The first kappa shape index (κ1) is 33.6. The van der Waals surface area contributed by atoms with E-state index in [-0.39, 0.29) is 6.42 Å². The molecule has 0 aromatic carbocycles. The van der Waals surface area contributed by atoms with E-state index in [2.05, 4.69) is 11.4 Å². The van der Waals surface area contributed by atoms with Gasteiger partial charge in [-0.15, -0.1) is 0 Å². The largest absolute Gasteiger partial charge is 0.473 e. The molecule has 34 heavy (non-hydrogen) atoms. The van der Waals surface area contributed by atoms with E-state index in [1.807, 2.05) is 0 Å². The van der Waals surface area contributed by atoms with Crippen molar-refractivity contribution >= 4 is 13.6 Å². The summed E-state index contributed by atoms with van der Waals surface area (Å²) >= 11 is 0. The third kappa shape index (κ3) is 18.9. The number of phosphoric acid groups is 1. The molecule has 0 aliphatic carbocycles. The number of carbonyl (C=O) groups excluding carboxylic acids is 1. The van der Waals surface area contributed by atoms with Gasteiger partial charge < -0.3 is 25.3 Å². The lowest BCUT2D eigenvalue weighted by Gasteiger charge is -2.23. The number of Topliss-reactive ketones (excluding diaryl/α,β-unsaturated/α-hetero) is 1. The third-order valence-corrected chi connectivity index (χ3v) is 6.74. The highest BCUT2D eigenvalue weighted by atomic mass is 31.2. The maximum atomic E-state index is 12.4. The Balaban J connectivity index is 3.95. The Labute approximate surface area is 205 Å². The number of phosphoric ester groups is 1. The lowest BCUT2D eigenvalue weighted by atomic mass is 10.0. The summed E-state index contributed by atoms with van der Waals surface area (Å²) < 4.78 is 21.2. The average Bonchev–Trinajstić information content (AvgIpc) is 2.82. The highest BCUT2D eigenvalue weighted by molar-refractivity contribution is 7.47. The Hall–Kier alpha value is -0.380. The number of hydrogen-bond acceptors (Lipinski definition) is 8. The molecule has 0 amide bonds. The molecule has 9 nitrogen and oxygen atoms in total. The van der Waals surface area contributed by atoms with Gasteiger partial charge in [0, 0.05) is 6.42 Å². The lowest BCUT2D eigenvalue weighted by molar-refractivity contribution is -0.134. The molecular weight excluding hydrogens is 463 g/mol. The van der Waals surface area contributed by atoms with Gasteiger partial charge in [0.2, 0.25) is 0 Å². The van der Waals surface area contributed by atoms with Crippen LogP contribution in [0, 0.1) is 0 Å². The summed E-state index contributed by atoms with van der Waals surface area (Å²) in [5, 5.41) is 36.9. The second-order valence-corrected chi connectivity index (χ2v) is 10.4. The van der Waals surface area contributed by atoms with Gasteiger partial charge in [0.25, 0.3) is 0 Å². The first-order valence-electron chi connectivity index (χ1n) is 13.0. The van der Waals surface area contributed by atoms with Crippen LogP contribution in [0.3, 0.4) is 0 Å². The first-order chi connectivity index (χ1) is 16.3. The predicted molar refractivity (Wildman–Crippen MR) is 131 cm³/mol. The molecule has 0 aromatic rings. The van der Waals surface area contributed by atoms with Gasteiger partial charge in [0.05, 0.1) is 19.8 Å². The van der Waals surface area contributed by atoms with Crippen LogP contribution in [-0.2, 0) is 18.4 Å². The number of aliphatic hydroxyl groups excluding tert-OH is 4. The smallest absolute Gasteiger partial charge is 0.394 e. The summed E-state index contributed by atoms with van der Waals surface area (Å²) in [5.41, 5.74) is 0. The van der Waals surface area contributed by atoms with Crippen LogP contribution in [-0.4, -0.2) is 69.2 Å². The van der Waals surface area contributed by atoms with Crippen molar-refractivity contribution in [2.75, 3.05) is 19.8 Å². The van der Waals surface area contributed by atoms with Crippen molar-refractivity contribution in [2.45, 2.75) is 128 Å². The SMILES string of the molecule is CCCCCCCCCCCCCCCCCC(=O)C(OP(=O)(O)OCC(O)CO)C(O)CO. The number of carbonyl (C=O) groups is 1. The van der Waals surface area contributed by atoms with Gasteiger partial charge in [-0.25, -0.2) is 4.57 Å². The van der Waals surface area contributed by atoms with E-state index in [1.165, 1.54) is 70.6 Å². The van der Waals surface area contributed by atoms with Crippen molar-refractivity contribution in [3.05, 3.63) is 0 Å². The first-order valence-corrected chi connectivity index (χ1v) is 14.5. The molecule has 0 aliphatic heterocycles. The zero-order valence-electron chi connectivity index (χ0n) is 21.0. The summed E-state index contributed by atoms with van der Waals surface area (Å²) in [5.74, 6) is -0.600. The molecule has 204 valence electrons. The minimum atomic E-state index is -4.77. The summed E-state index contributed by atoms with van der Waals surface area (Å²) in [6.45, 7) is 0.0505. The van der Waals surface area contributed by atoms with Crippen LogP contribution < -0.4 is 0 Å². The van der Waals surface area contributed by atoms with Crippen LogP contribution in [0.25, 0.3) is 0 Å². The number of ketones is 1. The standard InChI is InChI=1S/C24H49O9P/c1-2-3-4-5-6-7-8-9-10-11-12-13-14-15-16-17-22(28)24(23(29)19-26)33-34(30,31)32-20-21(27)18-25/h21,23-27,29H,2-20H2,1H3,(H,30,31). The average molecular weight is 513 g/mol. The summed E-state index contributed by atoms with van der Waals surface area (Å²) in [4.78, 5) is 22.1. The molecular formula is C24H49O9P. The molecule has 4 atom stereocenters. The minimum absolute atomic E-state index is 0.0409. The van der Waals surface area contributed by atoms with Gasteiger partial charge in [-0.3, -0.25) is 13.8 Å². The predicted octanol–water partition coefficient (Wildman–Crippen LogP) is 4.03. The van der Waals surface area contributed by atoms with Gasteiger partial charge in [-0.05, 0) is 6.42 Å². The number of unbranched alkanes of at least 4 members (excludes halogenated alkanes) is 14. The van der Waals surface area contributed by atoms with E-state index in [0.29, 0.717) is 6.42 Å². The Morgan fingerprint density at radius 3 is 1.62 bits per heavy atom. The molecule has 0 rings (SSSR count). The molecule has 0 bridgehead atoms. The van der Waals surface area contributed by atoms with Crippen molar-refractivity contribution in [1.82, 2.24) is 0 Å². The van der Waals surface area contributed by atoms with Gasteiger partial charge in [-0.2, -0.15) is 0 Å². The molecule has 0 saturated carbocycles. The zero-order valence-corrected chi connectivity index (χ0v) is 21.9. The summed E-state index contributed by atoms with van der Waals surface area (Å²) in [6, 6.07) is 0. The number of aliphatic hydroxyl groups is 4. The topological polar surface area (TPSA) is 154 Å². The monoisotopic (exact) mass is 512 g/mol. The molecule has 0 radical (unpaired) electrons. The maximum Gasteiger partial charge on any atom is 0.473 e. The Morgan fingerprint density at radius 1 is 0.765 bits per heavy atom. The van der Waals surface area contributed by atoms with Crippen molar-refractivity contribution in [2.24, 2.45) is 0 Å². The zero-order chi connectivity index (χ0) is 25.7. The second kappa shape index (κ2) is 21.9. The lowest BCUT2D eigenvalue weighted by Crippen LogP contribution is -2.38. The fraction of sp³-hybridized carbons (Fsp3) is 0.958. The molecule has 0 saturated heterocycles. The van der Waals surface area contributed by atoms with Gasteiger partial charge in [-0.1, -0.05) is 96.8 Å². The molecule has 0 aliphatic rings. The van der Waals surface area contributed by atoms with Crippen LogP contribution in [0.5, 0.6) is 0 Å². The van der Waals surface area contributed by atoms with E-state index in [1.54, 1.807) is 0 Å². The van der Waals surface area contributed by atoms with Gasteiger partial charge in [0.15, 0.2) is 11.9 Å². The molecule has 0 fully saturated rings. The van der Waals surface area contributed by atoms with Gasteiger partial charge in [0.1, 0.15) is 12.2 Å². The van der Waals surface area contributed by atoms with Crippen molar-refractivity contribution in [3.8, 4) is 0 Å². The third-order valence-electron chi connectivity index (χ3n) is 5.77. The van der Waals surface area contributed by atoms with Crippen LogP contribution in [0.1, 0.15) is 110 Å². The minimum Gasteiger partial charge on any atom is -0.394 e. The fourth-order valence-corrected chi connectivity index (χ4v) is 4.63. The highest BCUT2D eigenvalue weighted by Crippen LogP contribution is 2.45. The molecule has 10 heteroatoms.